The number of hydrogen-bond donors (Lipinski definition) is 0. The average molecular weight is 351 g/mol. The molecular weight excluding hydrogens is 334 g/mol. The number of ketones is 1. The molecule has 1 heterocycles. The van der Waals surface area contributed by atoms with Crippen LogP contribution in [0.25, 0.3) is 23.0 Å². The molecule has 0 unspecified atom stereocenters. The Morgan fingerprint density at radius 2 is 1.48 bits per heavy atom. The normalized spacial score (nSPS) is 11.0. The number of aromatic nitrogens is 3. The molecule has 0 spiro atoms. The molecule has 0 aliphatic rings. The highest BCUT2D eigenvalue weighted by Gasteiger charge is 2.09. The molecule has 0 bridgehead atoms. The molecule has 0 radical (unpaired) electrons. The van der Waals surface area contributed by atoms with Gasteiger partial charge in [0.25, 0.3) is 0 Å². The first kappa shape index (κ1) is 16.7. The molecular formula is C23H17N3O. The average Bonchev–Trinajstić information content (AvgIpc) is 3.23. The Labute approximate surface area is 157 Å². The summed E-state index contributed by atoms with van der Waals surface area (Å²) in [7, 11) is 0. The summed E-state index contributed by atoms with van der Waals surface area (Å²) in [5, 5.41) is 8.21. The van der Waals surface area contributed by atoms with E-state index >= 15 is 0 Å². The Hall–Kier alpha value is -3.79. The maximum absolute atomic E-state index is 12.4. The fraction of sp³-hybridized carbons (Fsp3) is 0. The molecule has 0 fully saturated rings. The molecule has 27 heavy (non-hydrogen) atoms. The van der Waals surface area contributed by atoms with Crippen LogP contribution >= 0.6 is 0 Å². The first-order chi connectivity index (χ1) is 13.3. The molecule has 4 rings (SSSR count). The van der Waals surface area contributed by atoms with Crippen molar-refractivity contribution in [3.8, 4) is 16.9 Å². The second-order valence-corrected chi connectivity index (χ2v) is 6.05. The molecule has 0 aliphatic heterocycles. The van der Waals surface area contributed by atoms with Crippen molar-refractivity contribution in [1.82, 2.24) is 15.0 Å². The second-order valence-electron chi connectivity index (χ2n) is 6.05. The van der Waals surface area contributed by atoms with Gasteiger partial charge in [0.1, 0.15) is 0 Å². The van der Waals surface area contributed by atoms with Gasteiger partial charge in [-0.2, -0.15) is 0 Å². The maximum atomic E-state index is 12.4. The minimum absolute atomic E-state index is 0.0349. The quantitative estimate of drug-likeness (QED) is 0.382. The molecule has 3 aromatic carbocycles. The van der Waals surface area contributed by atoms with Crippen molar-refractivity contribution in [2.45, 2.75) is 0 Å². The van der Waals surface area contributed by atoms with E-state index in [4.69, 9.17) is 0 Å². The predicted octanol–water partition coefficient (Wildman–Crippen LogP) is 4.83. The molecule has 0 saturated carbocycles. The summed E-state index contributed by atoms with van der Waals surface area (Å²) in [5.41, 5.74) is 4.42. The summed E-state index contributed by atoms with van der Waals surface area (Å²) in [6.07, 6.45) is 5.15. The van der Waals surface area contributed by atoms with Crippen LogP contribution in [-0.4, -0.2) is 20.8 Å². The highest BCUT2D eigenvalue weighted by atomic mass is 16.1. The summed E-state index contributed by atoms with van der Waals surface area (Å²) in [6, 6.07) is 27.1. The Morgan fingerprint density at radius 1 is 0.815 bits per heavy atom. The van der Waals surface area contributed by atoms with Crippen molar-refractivity contribution in [3.63, 3.8) is 0 Å². The summed E-state index contributed by atoms with van der Waals surface area (Å²) >= 11 is 0. The molecule has 130 valence electrons. The van der Waals surface area contributed by atoms with Gasteiger partial charge in [0, 0.05) is 11.1 Å². The molecule has 0 atom stereocenters. The standard InChI is InChI=1S/C23H17N3O/c27-23(16-11-18-7-3-1-4-8-18)20-12-14-21(15-13-20)26-22(17-24-25-26)19-9-5-2-6-10-19/h1-17H/b16-11+. The van der Waals surface area contributed by atoms with Gasteiger partial charge in [0.2, 0.25) is 0 Å². The van der Waals surface area contributed by atoms with Gasteiger partial charge in [-0.1, -0.05) is 72.0 Å². The van der Waals surface area contributed by atoms with E-state index in [1.54, 1.807) is 17.0 Å². The van der Waals surface area contributed by atoms with Gasteiger partial charge < -0.3 is 0 Å². The lowest BCUT2D eigenvalue weighted by Crippen LogP contribution is -2.01. The third-order valence-corrected chi connectivity index (χ3v) is 4.24. The van der Waals surface area contributed by atoms with Crippen LogP contribution in [0.4, 0.5) is 0 Å². The van der Waals surface area contributed by atoms with Gasteiger partial charge in [-0.3, -0.25) is 4.79 Å². The van der Waals surface area contributed by atoms with E-state index in [1.165, 1.54) is 0 Å². The van der Waals surface area contributed by atoms with E-state index in [9.17, 15) is 4.79 Å². The first-order valence-corrected chi connectivity index (χ1v) is 8.65. The lowest BCUT2D eigenvalue weighted by Gasteiger charge is -2.07. The molecule has 0 aliphatic carbocycles. The fourth-order valence-corrected chi connectivity index (χ4v) is 2.83. The van der Waals surface area contributed by atoms with Gasteiger partial charge in [-0.25, -0.2) is 4.68 Å². The number of carbonyl (C=O) groups excluding carboxylic acids is 1. The lowest BCUT2D eigenvalue weighted by molar-refractivity contribution is 0.104. The number of rotatable bonds is 5. The topological polar surface area (TPSA) is 47.8 Å². The zero-order valence-corrected chi connectivity index (χ0v) is 14.6. The SMILES string of the molecule is O=C(/C=C/c1ccccc1)c1ccc(-n2nncc2-c2ccccc2)cc1. The van der Waals surface area contributed by atoms with Crippen molar-refractivity contribution in [2.24, 2.45) is 0 Å². The number of nitrogens with zero attached hydrogens (tertiary/aromatic N) is 3. The van der Waals surface area contributed by atoms with E-state index in [0.717, 1.165) is 22.5 Å². The van der Waals surface area contributed by atoms with Crippen LogP contribution in [0.3, 0.4) is 0 Å². The van der Waals surface area contributed by atoms with Gasteiger partial charge in [0.05, 0.1) is 17.6 Å². The number of hydrogen-bond acceptors (Lipinski definition) is 3. The van der Waals surface area contributed by atoms with Crippen molar-refractivity contribution in [2.75, 3.05) is 0 Å². The van der Waals surface area contributed by atoms with Crippen LogP contribution in [-0.2, 0) is 0 Å². The van der Waals surface area contributed by atoms with Crippen molar-refractivity contribution < 1.29 is 4.79 Å². The van der Waals surface area contributed by atoms with Gasteiger partial charge in [0.15, 0.2) is 5.78 Å². The van der Waals surface area contributed by atoms with Crippen molar-refractivity contribution >= 4 is 11.9 Å². The van der Waals surface area contributed by atoms with Crippen LogP contribution in [0.5, 0.6) is 0 Å². The third kappa shape index (κ3) is 3.75. The van der Waals surface area contributed by atoms with Crippen LogP contribution in [0.15, 0.2) is 97.2 Å². The summed E-state index contributed by atoms with van der Waals surface area (Å²) in [6.45, 7) is 0. The van der Waals surface area contributed by atoms with E-state index < -0.39 is 0 Å². The van der Waals surface area contributed by atoms with E-state index in [1.807, 2.05) is 91.0 Å². The molecule has 0 amide bonds. The molecule has 0 saturated heterocycles. The Kier molecular flexibility index (Phi) is 4.70. The van der Waals surface area contributed by atoms with Crippen LogP contribution in [0, 0.1) is 0 Å². The van der Waals surface area contributed by atoms with Crippen LogP contribution in [0.2, 0.25) is 0 Å². The Balaban J connectivity index is 1.56. The molecule has 4 nitrogen and oxygen atoms in total. The number of benzene rings is 3. The maximum Gasteiger partial charge on any atom is 0.185 e. The van der Waals surface area contributed by atoms with E-state index in [2.05, 4.69) is 10.3 Å². The van der Waals surface area contributed by atoms with Gasteiger partial charge in [-0.15, -0.1) is 5.10 Å². The highest BCUT2D eigenvalue weighted by molar-refractivity contribution is 6.06. The monoisotopic (exact) mass is 351 g/mol. The number of carbonyl (C=O) groups is 1. The Bertz CT molecular complexity index is 1070. The summed E-state index contributed by atoms with van der Waals surface area (Å²) in [4.78, 5) is 12.4. The molecule has 0 N–H and O–H groups in total. The van der Waals surface area contributed by atoms with Gasteiger partial charge in [-0.05, 0) is 35.9 Å². The molecule has 4 aromatic rings. The summed E-state index contributed by atoms with van der Waals surface area (Å²) < 4.78 is 1.77. The van der Waals surface area contributed by atoms with Crippen molar-refractivity contribution in [1.29, 1.82) is 0 Å². The summed E-state index contributed by atoms with van der Waals surface area (Å²) in [5.74, 6) is -0.0349. The molecule has 4 heteroatoms. The van der Waals surface area contributed by atoms with E-state index in [-0.39, 0.29) is 5.78 Å². The third-order valence-electron chi connectivity index (χ3n) is 4.24. The van der Waals surface area contributed by atoms with Crippen molar-refractivity contribution in [3.05, 3.63) is 108 Å². The van der Waals surface area contributed by atoms with E-state index in [0.29, 0.717) is 5.56 Å². The minimum atomic E-state index is -0.0349. The number of allylic oxidation sites excluding steroid dienone is 1. The predicted molar refractivity (Wildman–Crippen MR) is 107 cm³/mol. The largest absolute Gasteiger partial charge is 0.289 e. The smallest absolute Gasteiger partial charge is 0.185 e. The highest BCUT2D eigenvalue weighted by Crippen LogP contribution is 2.21. The minimum Gasteiger partial charge on any atom is -0.289 e. The molecule has 1 aromatic heterocycles. The van der Waals surface area contributed by atoms with Crippen LogP contribution in [0.1, 0.15) is 15.9 Å². The zero-order chi connectivity index (χ0) is 18.5. The zero-order valence-electron chi connectivity index (χ0n) is 14.6. The second kappa shape index (κ2) is 7.62. The Morgan fingerprint density at radius 3 is 2.19 bits per heavy atom. The first-order valence-electron chi connectivity index (χ1n) is 8.65. The van der Waals surface area contributed by atoms with Gasteiger partial charge >= 0.3 is 0 Å². The van der Waals surface area contributed by atoms with Crippen LogP contribution < -0.4 is 0 Å². The lowest BCUT2D eigenvalue weighted by atomic mass is 10.1. The fourth-order valence-electron chi connectivity index (χ4n) is 2.83.